The van der Waals surface area contributed by atoms with Crippen LogP contribution < -0.4 is 10.2 Å². The first-order valence-corrected chi connectivity index (χ1v) is 5.98. The Kier molecular flexibility index (Phi) is 5.82. The molecule has 112 valence electrons. The maximum absolute atomic E-state index is 11.8. The molecule has 0 atom stereocenters. The van der Waals surface area contributed by atoms with Gasteiger partial charge >= 0.3 is 6.18 Å². The third-order valence-electron chi connectivity index (χ3n) is 2.34. The number of hydrogen-bond donors (Lipinski definition) is 1. The number of ether oxygens (including phenoxy) is 1. The quantitative estimate of drug-likeness (QED) is 0.820. The highest BCUT2D eigenvalue weighted by Crippen LogP contribution is 2.18. The highest BCUT2D eigenvalue weighted by Gasteiger charge is 2.28. The average Bonchev–Trinajstić information content (AvgIpc) is 2.35. The summed E-state index contributed by atoms with van der Waals surface area (Å²) in [6.45, 7) is 2.13. The van der Waals surface area contributed by atoms with Gasteiger partial charge < -0.3 is 4.74 Å². The number of alkyl halides is 3. The largest absolute Gasteiger partial charge is 0.484 e. The van der Waals surface area contributed by atoms with E-state index < -0.39 is 25.3 Å². The molecule has 0 fully saturated rings. The van der Waals surface area contributed by atoms with Crippen molar-refractivity contribution in [3.63, 3.8) is 0 Å². The molecule has 1 amide bonds. The summed E-state index contributed by atoms with van der Waals surface area (Å²) in [5.74, 6) is 0.0469. The second kappa shape index (κ2) is 7.14. The Labute approximate surface area is 114 Å². The van der Waals surface area contributed by atoms with Crippen molar-refractivity contribution in [3.8, 4) is 5.75 Å². The molecule has 0 radical (unpaired) electrons. The molecule has 1 aromatic rings. The van der Waals surface area contributed by atoms with Crippen molar-refractivity contribution in [3.05, 3.63) is 29.8 Å². The van der Waals surface area contributed by atoms with Gasteiger partial charge in [0.15, 0.2) is 13.2 Å². The van der Waals surface area contributed by atoms with Crippen molar-refractivity contribution in [1.82, 2.24) is 5.48 Å². The highest BCUT2D eigenvalue weighted by molar-refractivity contribution is 5.76. The molecule has 0 saturated heterocycles. The molecule has 0 saturated carbocycles. The number of amides is 1. The van der Waals surface area contributed by atoms with E-state index >= 15 is 0 Å². The van der Waals surface area contributed by atoms with Gasteiger partial charge in [0.25, 0.3) is 5.91 Å². The van der Waals surface area contributed by atoms with Gasteiger partial charge in [-0.25, -0.2) is 5.48 Å². The van der Waals surface area contributed by atoms with E-state index in [0.29, 0.717) is 11.7 Å². The standard InChI is InChI=1S/C13H16F3NO3/c1-9(2)10-3-5-11(6-4-10)19-7-12(18)17-20-8-13(14,15)16/h3-6,9H,7-8H2,1-2H3,(H,17,18). The molecule has 1 N–H and O–H groups in total. The van der Waals surface area contributed by atoms with E-state index in [1.54, 1.807) is 17.6 Å². The molecule has 0 unspecified atom stereocenters. The Bertz CT molecular complexity index is 429. The van der Waals surface area contributed by atoms with Crippen LogP contribution >= 0.6 is 0 Å². The molecular formula is C13H16F3NO3. The molecule has 0 aliphatic heterocycles. The third-order valence-corrected chi connectivity index (χ3v) is 2.34. The van der Waals surface area contributed by atoms with Crippen molar-refractivity contribution in [2.45, 2.75) is 25.9 Å². The monoisotopic (exact) mass is 291 g/mol. The zero-order chi connectivity index (χ0) is 15.2. The predicted molar refractivity (Wildman–Crippen MR) is 66.2 cm³/mol. The predicted octanol–water partition coefficient (Wildman–Crippen LogP) is 2.80. The first-order chi connectivity index (χ1) is 9.28. The van der Waals surface area contributed by atoms with E-state index in [2.05, 4.69) is 4.84 Å². The summed E-state index contributed by atoms with van der Waals surface area (Å²) in [6, 6.07) is 7.11. The van der Waals surface area contributed by atoms with Gasteiger partial charge in [0.05, 0.1) is 0 Å². The molecule has 0 spiro atoms. The van der Waals surface area contributed by atoms with E-state index in [1.807, 2.05) is 26.0 Å². The van der Waals surface area contributed by atoms with Gasteiger partial charge in [-0.15, -0.1) is 0 Å². The second-order valence-corrected chi connectivity index (χ2v) is 4.44. The molecule has 1 aromatic carbocycles. The average molecular weight is 291 g/mol. The van der Waals surface area contributed by atoms with Gasteiger partial charge in [-0.05, 0) is 23.6 Å². The molecule has 0 aliphatic carbocycles. The van der Waals surface area contributed by atoms with Crippen LogP contribution in [0.15, 0.2) is 24.3 Å². The number of benzene rings is 1. The summed E-state index contributed by atoms with van der Waals surface area (Å²) in [4.78, 5) is 15.1. The molecule has 20 heavy (non-hydrogen) atoms. The second-order valence-electron chi connectivity index (χ2n) is 4.44. The lowest BCUT2D eigenvalue weighted by molar-refractivity contribution is -0.192. The molecule has 0 aliphatic rings. The van der Waals surface area contributed by atoms with Crippen LogP contribution in [0.4, 0.5) is 13.2 Å². The van der Waals surface area contributed by atoms with Crippen molar-refractivity contribution in [2.75, 3.05) is 13.2 Å². The van der Waals surface area contributed by atoms with Gasteiger partial charge in [0.2, 0.25) is 0 Å². The Morgan fingerprint density at radius 2 is 1.85 bits per heavy atom. The van der Waals surface area contributed by atoms with Crippen LogP contribution in [0.25, 0.3) is 0 Å². The maximum atomic E-state index is 11.8. The van der Waals surface area contributed by atoms with Crippen molar-refractivity contribution in [1.29, 1.82) is 0 Å². The SMILES string of the molecule is CC(C)c1ccc(OCC(=O)NOCC(F)(F)F)cc1. The Morgan fingerprint density at radius 1 is 1.25 bits per heavy atom. The molecule has 1 rings (SSSR count). The topological polar surface area (TPSA) is 47.6 Å². The summed E-state index contributed by atoms with van der Waals surface area (Å²) < 4.78 is 40.4. The first-order valence-electron chi connectivity index (χ1n) is 5.98. The van der Waals surface area contributed by atoms with Crippen LogP contribution in [0.5, 0.6) is 5.75 Å². The minimum absolute atomic E-state index is 0.378. The third kappa shape index (κ3) is 6.42. The number of carbonyl (C=O) groups is 1. The Morgan fingerprint density at radius 3 is 2.35 bits per heavy atom. The van der Waals surface area contributed by atoms with Gasteiger partial charge in [0, 0.05) is 0 Å². The smallest absolute Gasteiger partial charge is 0.414 e. The molecule has 0 heterocycles. The van der Waals surface area contributed by atoms with Crippen LogP contribution in [0.1, 0.15) is 25.3 Å². The normalized spacial score (nSPS) is 11.5. The summed E-state index contributed by atoms with van der Waals surface area (Å²) in [7, 11) is 0. The number of nitrogens with one attached hydrogen (secondary N) is 1. The fourth-order valence-corrected chi connectivity index (χ4v) is 1.33. The highest BCUT2D eigenvalue weighted by atomic mass is 19.4. The zero-order valence-electron chi connectivity index (χ0n) is 11.2. The van der Waals surface area contributed by atoms with Crippen molar-refractivity contribution >= 4 is 5.91 Å². The summed E-state index contributed by atoms with van der Waals surface area (Å²) >= 11 is 0. The number of hydroxylamine groups is 1. The molecule has 4 nitrogen and oxygen atoms in total. The summed E-state index contributed by atoms with van der Waals surface area (Å²) in [5, 5.41) is 0. The fraction of sp³-hybridized carbons (Fsp3) is 0.462. The van der Waals surface area contributed by atoms with Gasteiger partial charge in [-0.2, -0.15) is 13.2 Å². The van der Waals surface area contributed by atoms with Crippen molar-refractivity contribution < 1.29 is 27.5 Å². The first kappa shape index (κ1) is 16.3. The van der Waals surface area contributed by atoms with E-state index in [4.69, 9.17) is 4.74 Å². The Hall–Kier alpha value is -1.76. The van der Waals surface area contributed by atoms with E-state index in [0.717, 1.165) is 5.56 Å². The maximum Gasteiger partial charge on any atom is 0.414 e. The van der Waals surface area contributed by atoms with Gasteiger partial charge in [-0.1, -0.05) is 26.0 Å². The number of hydrogen-bond acceptors (Lipinski definition) is 3. The number of halogens is 3. The lowest BCUT2D eigenvalue weighted by Gasteiger charge is -2.10. The van der Waals surface area contributed by atoms with E-state index in [-0.39, 0.29) is 0 Å². The summed E-state index contributed by atoms with van der Waals surface area (Å²) in [6.07, 6.45) is -4.49. The molecule has 7 heteroatoms. The lowest BCUT2D eigenvalue weighted by atomic mass is 10.0. The molecule has 0 aromatic heterocycles. The van der Waals surface area contributed by atoms with Crippen LogP contribution in [-0.2, 0) is 9.63 Å². The zero-order valence-corrected chi connectivity index (χ0v) is 11.2. The van der Waals surface area contributed by atoms with E-state index in [1.165, 1.54) is 0 Å². The van der Waals surface area contributed by atoms with Crippen LogP contribution in [-0.4, -0.2) is 25.3 Å². The Balaban J connectivity index is 2.30. The van der Waals surface area contributed by atoms with Crippen molar-refractivity contribution in [2.24, 2.45) is 0 Å². The minimum Gasteiger partial charge on any atom is -0.484 e. The van der Waals surface area contributed by atoms with Crippen LogP contribution in [0.2, 0.25) is 0 Å². The van der Waals surface area contributed by atoms with Gasteiger partial charge in [0.1, 0.15) is 5.75 Å². The molecular weight excluding hydrogens is 275 g/mol. The number of carbonyl (C=O) groups excluding carboxylic acids is 1. The fourth-order valence-electron chi connectivity index (χ4n) is 1.33. The van der Waals surface area contributed by atoms with Crippen LogP contribution in [0, 0.1) is 0 Å². The van der Waals surface area contributed by atoms with Crippen LogP contribution in [0.3, 0.4) is 0 Å². The number of rotatable bonds is 6. The van der Waals surface area contributed by atoms with E-state index in [9.17, 15) is 18.0 Å². The summed E-state index contributed by atoms with van der Waals surface area (Å²) in [5.41, 5.74) is 2.78. The molecule has 0 bridgehead atoms. The van der Waals surface area contributed by atoms with Gasteiger partial charge in [-0.3, -0.25) is 9.63 Å². The minimum atomic E-state index is -4.49. The lowest BCUT2D eigenvalue weighted by Crippen LogP contribution is -2.32.